The molecule has 1 unspecified atom stereocenters. The van der Waals surface area contributed by atoms with Gasteiger partial charge in [0.2, 0.25) is 0 Å². The Labute approximate surface area is 93.0 Å². The quantitative estimate of drug-likeness (QED) is 0.703. The van der Waals surface area contributed by atoms with Gasteiger partial charge in [0.15, 0.2) is 6.23 Å². The van der Waals surface area contributed by atoms with Crippen molar-refractivity contribution >= 4 is 6.16 Å². The van der Waals surface area contributed by atoms with E-state index in [-0.39, 0.29) is 5.75 Å². The number of hydrogen-bond acceptors (Lipinski definition) is 5. The predicted molar refractivity (Wildman–Crippen MR) is 56.0 cm³/mol. The molecule has 0 bridgehead atoms. The standard InChI is InChI=1S/C11H13NO4/c1-15-11(14)16-10-9-3-2-8(13)6-7(9)4-5-12-10/h2-3,6,10,12-13H,4-5H2,1H3. The van der Waals surface area contributed by atoms with Gasteiger partial charge in [0.25, 0.3) is 0 Å². The third kappa shape index (κ3) is 2.09. The fourth-order valence-electron chi connectivity index (χ4n) is 1.76. The molecular formula is C11H13NO4. The zero-order chi connectivity index (χ0) is 11.5. The van der Waals surface area contributed by atoms with Crippen LogP contribution in [0, 0.1) is 0 Å². The Balaban J connectivity index is 2.23. The minimum Gasteiger partial charge on any atom is -0.508 e. The lowest BCUT2D eigenvalue weighted by Gasteiger charge is -2.26. The second-order valence-electron chi connectivity index (χ2n) is 3.54. The van der Waals surface area contributed by atoms with Crippen molar-refractivity contribution in [2.75, 3.05) is 13.7 Å². The van der Waals surface area contributed by atoms with E-state index in [1.54, 1.807) is 18.2 Å². The number of fused-ring (bicyclic) bond motifs is 1. The number of benzene rings is 1. The van der Waals surface area contributed by atoms with Gasteiger partial charge in [-0.1, -0.05) is 0 Å². The van der Waals surface area contributed by atoms with Crippen molar-refractivity contribution in [2.24, 2.45) is 0 Å². The number of carbonyl (C=O) groups excluding carboxylic acids is 1. The molecule has 0 amide bonds. The Kier molecular flexibility index (Phi) is 2.96. The van der Waals surface area contributed by atoms with Crippen LogP contribution < -0.4 is 5.32 Å². The molecule has 1 atom stereocenters. The molecule has 0 aromatic heterocycles. The van der Waals surface area contributed by atoms with E-state index in [4.69, 9.17) is 4.74 Å². The Hall–Kier alpha value is -1.75. The maximum absolute atomic E-state index is 11.0. The number of ether oxygens (including phenoxy) is 2. The first-order valence-corrected chi connectivity index (χ1v) is 5.00. The molecule has 0 saturated heterocycles. The van der Waals surface area contributed by atoms with Crippen molar-refractivity contribution in [3.05, 3.63) is 29.3 Å². The van der Waals surface area contributed by atoms with Crippen LogP contribution >= 0.6 is 0 Å². The van der Waals surface area contributed by atoms with Crippen molar-refractivity contribution in [1.29, 1.82) is 0 Å². The molecule has 86 valence electrons. The molecule has 16 heavy (non-hydrogen) atoms. The average Bonchev–Trinajstić information content (AvgIpc) is 2.28. The normalized spacial score (nSPS) is 18.7. The number of carbonyl (C=O) groups is 1. The molecule has 5 nitrogen and oxygen atoms in total. The van der Waals surface area contributed by atoms with Gasteiger partial charge in [-0.3, -0.25) is 5.32 Å². The van der Waals surface area contributed by atoms with E-state index in [1.807, 2.05) is 0 Å². The SMILES string of the molecule is COC(=O)OC1NCCc2cc(O)ccc21. The lowest BCUT2D eigenvalue weighted by molar-refractivity contribution is 0.0203. The summed E-state index contributed by atoms with van der Waals surface area (Å²) in [5, 5.41) is 12.4. The molecule has 0 radical (unpaired) electrons. The molecule has 2 rings (SSSR count). The third-order valence-corrected chi connectivity index (χ3v) is 2.51. The summed E-state index contributed by atoms with van der Waals surface area (Å²) in [7, 11) is 1.27. The minimum absolute atomic E-state index is 0.220. The second kappa shape index (κ2) is 4.40. The third-order valence-electron chi connectivity index (χ3n) is 2.51. The highest BCUT2D eigenvalue weighted by molar-refractivity contribution is 5.60. The fourth-order valence-corrected chi connectivity index (χ4v) is 1.76. The second-order valence-corrected chi connectivity index (χ2v) is 3.54. The van der Waals surface area contributed by atoms with Crippen molar-refractivity contribution in [1.82, 2.24) is 5.32 Å². The Morgan fingerprint density at radius 1 is 1.56 bits per heavy atom. The highest BCUT2D eigenvalue weighted by Gasteiger charge is 2.23. The van der Waals surface area contributed by atoms with E-state index in [9.17, 15) is 9.90 Å². The van der Waals surface area contributed by atoms with E-state index in [0.717, 1.165) is 17.5 Å². The zero-order valence-electron chi connectivity index (χ0n) is 8.90. The molecule has 0 aliphatic carbocycles. The van der Waals surface area contributed by atoms with E-state index in [0.29, 0.717) is 6.54 Å². The number of phenolic OH excluding ortho intramolecular Hbond substituents is 1. The largest absolute Gasteiger partial charge is 0.509 e. The van der Waals surface area contributed by atoms with Gasteiger partial charge in [-0.2, -0.15) is 0 Å². The molecule has 0 fully saturated rings. The van der Waals surface area contributed by atoms with Gasteiger partial charge in [0.05, 0.1) is 7.11 Å². The van der Waals surface area contributed by atoms with Crippen LogP contribution in [0.15, 0.2) is 18.2 Å². The topological polar surface area (TPSA) is 67.8 Å². The van der Waals surface area contributed by atoms with Gasteiger partial charge in [0.1, 0.15) is 5.75 Å². The summed E-state index contributed by atoms with van der Waals surface area (Å²) < 4.78 is 9.49. The summed E-state index contributed by atoms with van der Waals surface area (Å²) >= 11 is 0. The molecule has 1 aliphatic heterocycles. The van der Waals surface area contributed by atoms with E-state index in [2.05, 4.69) is 10.1 Å². The summed E-state index contributed by atoms with van der Waals surface area (Å²) in [5.41, 5.74) is 1.84. The van der Waals surface area contributed by atoms with Crippen LogP contribution in [0.4, 0.5) is 4.79 Å². The van der Waals surface area contributed by atoms with Gasteiger partial charge in [-0.05, 0) is 30.2 Å². The number of phenols is 1. The van der Waals surface area contributed by atoms with Crippen LogP contribution in [-0.2, 0) is 15.9 Å². The van der Waals surface area contributed by atoms with Crippen LogP contribution in [0.25, 0.3) is 0 Å². The van der Waals surface area contributed by atoms with Gasteiger partial charge in [-0.25, -0.2) is 4.79 Å². The van der Waals surface area contributed by atoms with Crippen molar-refractivity contribution in [3.63, 3.8) is 0 Å². The van der Waals surface area contributed by atoms with Crippen LogP contribution in [0.2, 0.25) is 0 Å². The summed E-state index contributed by atoms with van der Waals surface area (Å²) in [4.78, 5) is 11.0. The molecule has 1 heterocycles. The first-order chi connectivity index (χ1) is 7.70. The van der Waals surface area contributed by atoms with Crippen LogP contribution in [0.5, 0.6) is 5.75 Å². The van der Waals surface area contributed by atoms with Crippen molar-refractivity contribution in [3.8, 4) is 5.75 Å². The maximum Gasteiger partial charge on any atom is 0.509 e. The molecule has 2 N–H and O–H groups in total. The van der Waals surface area contributed by atoms with Gasteiger partial charge < -0.3 is 14.6 Å². The molecule has 0 spiro atoms. The van der Waals surface area contributed by atoms with E-state index >= 15 is 0 Å². The minimum atomic E-state index is -0.724. The average molecular weight is 223 g/mol. The Bertz CT molecular complexity index is 405. The smallest absolute Gasteiger partial charge is 0.508 e. The number of methoxy groups -OCH3 is 1. The van der Waals surface area contributed by atoms with Crippen molar-refractivity contribution in [2.45, 2.75) is 12.6 Å². The molecule has 1 aromatic carbocycles. The highest BCUT2D eigenvalue weighted by atomic mass is 16.7. The first kappa shape index (κ1) is 10.8. The van der Waals surface area contributed by atoms with Crippen LogP contribution in [-0.4, -0.2) is 24.9 Å². The number of aromatic hydroxyl groups is 1. The van der Waals surface area contributed by atoms with Crippen molar-refractivity contribution < 1.29 is 19.4 Å². The highest BCUT2D eigenvalue weighted by Crippen LogP contribution is 2.27. The lowest BCUT2D eigenvalue weighted by atomic mass is 9.99. The molecule has 5 heteroatoms. The molecule has 1 aliphatic rings. The van der Waals surface area contributed by atoms with Crippen LogP contribution in [0.3, 0.4) is 0 Å². The maximum atomic E-state index is 11.0. The first-order valence-electron chi connectivity index (χ1n) is 5.00. The number of nitrogens with one attached hydrogen (secondary N) is 1. The van der Waals surface area contributed by atoms with Gasteiger partial charge >= 0.3 is 6.16 Å². The Morgan fingerprint density at radius 3 is 3.12 bits per heavy atom. The van der Waals surface area contributed by atoms with Gasteiger partial charge in [0, 0.05) is 12.1 Å². The van der Waals surface area contributed by atoms with E-state index in [1.165, 1.54) is 7.11 Å². The molecular weight excluding hydrogens is 210 g/mol. The summed E-state index contributed by atoms with van der Waals surface area (Å²) in [6.07, 6.45) is -0.430. The summed E-state index contributed by atoms with van der Waals surface area (Å²) in [6.45, 7) is 0.693. The summed E-state index contributed by atoms with van der Waals surface area (Å²) in [6, 6.07) is 4.99. The zero-order valence-corrected chi connectivity index (χ0v) is 8.90. The monoisotopic (exact) mass is 223 g/mol. The van der Waals surface area contributed by atoms with Crippen LogP contribution in [0.1, 0.15) is 17.4 Å². The predicted octanol–water partition coefficient (Wildman–Crippen LogP) is 1.32. The lowest BCUT2D eigenvalue weighted by Crippen LogP contribution is -2.33. The number of hydrogen-bond donors (Lipinski definition) is 2. The molecule has 1 aromatic rings. The number of rotatable bonds is 1. The Morgan fingerprint density at radius 2 is 2.38 bits per heavy atom. The molecule has 0 saturated carbocycles. The van der Waals surface area contributed by atoms with E-state index < -0.39 is 12.4 Å². The fraction of sp³-hybridized carbons (Fsp3) is 0.364. The summed E-state index contributed by atoms with van der Waals surface area (Å²) in [5.74, 6) is 0.220. The van der Waals surface area contributed by atoms with Gasteiger partial charge in [-0.15, -0.1) is 0 Å².